The van der Waals surface area contributed by atoms with Gasteiger partial charge in [0.05, 0.1) is 4.90 Å². The number of aryl methyl sites for hydroxylation is 2. The molecule has 0 saturated carbocycles. The highest BCUT2D eigenvalue weighted by Crippen LogP contribution is 2.21. The second-order valence-electron chi connectivity index (χ2n) is 5.38. The average molecular weight is 335 g/mol. The van der Waals surface area contributed by atoms with Crippen molar-refractivity contribution in [1.82, 2.24) is 14.7 Å². The van der Waals surface area contributed by atoms with E-state index in [2.05, 4.69) is 5.10 Å². The van der Waals surface area contributed by atoms with Gasteiger partial charge in [0.25, 0.3) is 0 Å². The average Bonchev–Trinajstić information content (AvgIpc) is 2.98. The molecule has 1 amide bonds. The second-order valence-corrected chi connectivity index (χ2v) is 7.28. The summed E-state index contributed by atoms with van der Waals surface area (Å²) < 4.78 is 26.4. The summed E-state index contributed by atoms with van der Waals surface area (Å²) in [5.41, 5.74) is 1.73. The van der Waals surface area contributed by atoms with E-state index in [9.17, 15) is 13.2 Å². The van der Waals surface area contributed by atoms with E-state index in [1.165, 1.54) is 12.3 Å². The number of amides is 1. The van der Waals surface area contributed by atoms with Gasteiger partial charge in [-0.2, -0.15) is 9.78 Å². The maximum Gasteiger partial charge on any atom is 0.344 e. The standard InChI is InChI=1S/C16H21N3O3S/c1-5-18(6-2)16(20)19-8-7-15(17-19)23(21,22)14-10-12(3)9-13(4)11-14/h7-11H,5-6H2,1-4H3. The number of sulfone groups is 1. The van der Waals surface area contributed by atoms with Crippen LogP contribution in [0.5, 0.6) is 0 Å². The largest absolute Gasteiger partial charge is 0.344 e. The molecule has 2 rings (SSSR count). The highest BCUT2D eigenvalue weighted by Gasteiger charge is 2.23. The van der Waals surface area contributed by atoms with Crippen molar-refractivity contribution in [2.24, 2.45) is 0 Å². The van der Waals surface area contributed by atoms with Crippen molar-refractivity contribution in [3.63, 3.8) is 0 Å². The molecular formula is C16H21N3O3S. The summed E-state index contributed by atoms with van der Waals surface area (Å²) in [6.07, 6.45) is 1.39. The first-order valence-electron chi connectivity index (χ1n) is 7.48. The lowest BCUT2D eigenvalue weighted by atomic mass is 10.2. The van der Waals surface area contributed by atoms with Crippen LogP contribution in [0.4, 0.5) is 4.79 Å². The minimum absolute atomic E-state index is 0.122. The van der Waals surface area contributed by atoms with Crippen LogP contribution in [0, 0.1) is 13.8 Å². The molecule has 0 saturated heterocycles. The van der Waals surface area contributed by atoms with Crippen LogP contribution in [0.2, 0.25) is 0 Å². The molecule has 0 bridgehead atoms. The topological polar surface area (TPSA) is 72.3 Å². The Labute approximate surface area is 136 Å². The molecule has 124 valence electrons. The SMILES string of the molecule is CCN(CC)C(=O)n1ccc(S(=O)(=O)c2cc(C)cc(C)c2)n1. The Hall–Kier alpha value is -2.15. The summed E-state index contributed by atoms with van der Waals surface area (Å²) in [6, 6.07) is 6.13. The number of benzene rings is 1. The zero-order valence-electron chi connectivity index (χ0n) is 13.8. The van der Waals surface area contributed by atoms with Gasteiger partial charge < -0.3 is 4.90 Å². The maximum absolute atomic E-state index is 12.7. The van der Waals surface area contributed by atoms with Gasteiger partial charge in [-0.25, -0.2) is 13.2 Å². The van der Waals surface area contributed by atoms with Crippen LogP contribution < -0.4 is 0 Å². The molecule has 0 aliphatic rings. The summed E-state index contributed by atoms with van der Waals surface area (Å²) in [5, 5.41) is 3.85. The lowest BCUT2D eigenvalue weighted by molar-refractivity contribution is 0.201. The number of hydrogen-bond acceptors (Lipinski definition) is 4. The van der Waals surface area contributed by atoms with Crippen molar-refractivity contribution in [2.75, 3.05) is 13.1 Å². The minimum atomic E-state index is -3.74. The zero-order chi connectivity index (χ0) is 17.2. The normalized spacial score (nSPS) is 11.5. The molecule has 0 aliphatic carbocycles. The lowest BCUT2D eigenvalue weighted by Crippen LogP contribution is -2.34. The van der Waals surface area contributed by atoms with Crippen molar-refractivity contribution >= 4 is 15.9 Å². The molecule has 7 heteroatoms. The fourth-order valence-electron chi connectivity index (χ4n) is 2.40. The van der Waals surface area contributed by atoms with Gasteiger partial charge in [-0.05, 0) is 57.0 Å². The Bertz CT molecular complexity index is 801. The molecule has 0 radical (unpaired) electrons. The van der Waals surface area contributed by atoms with E-state index in [1.54, 1.807) is 17.0 Å². The number of hydrogen-bond donors (Lipinski definition) is 0. The summed E-state index contributed by atoms with van der Waals surface area (Å²) in [6.45, 7) is 8.47. The van der Waals surface area contributed by atoms with Crippen LogP contribution in [-0.2, 0) is 9.84 Å². The van der Waals surface area contributed by atoms with Gasteiger partial charge in [0.1, 0.15) is 0 Å². The fourth-order valence-corrected chi connectivity index (χ4v) is 3.76. The van der Waals surface area contributed by atoms with Gasteiger partial charge in [0, 0.05) is 19.3 Å². The van der Waals surface area contributed by atoms with E-state index in [0.29, 0.717) is 13.1 Å². The van der Waals surface area contributed by atoms with E-state index in [0.717, 1.165) is 15.8 Å². The summed E-state index contributed by atoms with van der Waals surface area (Å²) in [4.78, 5) is 14.0. The predicted octanol–water partition coefficient (Wildman–Crippen LogP) is 2.64. The molecule has 1 aromatic carbocycles. The van der Waals surface area contributed by atoms with Gasteiger partial charge in [-0.1, -0.05) is 6.07 Å². The van der Waals surface area contributed by atoms with E-state index in [1.807, 2.05) is 33.8 Å². The van der Waals surface area contributed by atoms with Crippen molar-refractivity contribution < 1.29 is 13.2 Å². The molecule has 1 heterocycles. The number of carbonyl (C=O) groups excluding carboxylic acids is 1. The van der Waals surface area contributed by atoms with Crippen molar-refractivity contribution in [1.29, 1.82) is 0 Å². The van der Waals surface area contributed by atoms with E-state index >= 15 is 0 Å². The van der Waals surface area contributed by atoms with Crippen LogP contribution >= 0.6 is 0 Å². The Morgan fingerprint density at radius 3 is 2.22 bits per heavy atom. The third kappa shape index (κ3) is 3.44. The third-order valence-electron chi connectivity index (χ3n) is 3.58. The monoisotopic (exact) mass is 335 g/mol. The smallest absolute Gasteiger partial charge is 0.323 e. The first kappa shape index (κ1) is 17.2. The summed E-state index contributed by atoms with van der Waals surface area (Å²) >= 11 is 0. The molecular weight excluding hydrogens is 314 g/mol. The van der Waals surface area contributed by atoms with E-state index in [4.69, 9.17) is 0 Å². The molecule has 0 spiro atoms. The Morgan fingerprint density at radius 2 is 1.70 bits per heavy atom. The molecule has 2 aromatic rings. The van der Waals surface area contributed by atoms with E-state index < -0.39 is 9.84 Å². The third-order valence-corrected chi connectivity index (χ3v) is 5.20. The Balaban J connectivity index is 2.41. The molecule has 0 atom stereocenters. The van der Waals surface area contributed by atoms with Gasteiger partial charge in [0.2, 0.25) is 9.84 Å². The van der Waals surface area contributed by atoms with Gasteiger partial charge in [-0.15, -0.1) is 0 Å². The summed E-state index contributed by atoms with van der Waals surface area (Å²) in [7, 11) is -3.74. The van der Waals surface area contributed by atoms with Crippen molar-refractivity contribution in [2.45, 2.75) is 37.6 Å². The van der Waals surface area contributed by atoms with Crippen LogP contribution in [0.1, 0.15) is 25.0 Å². The van der Waals surface area contributed by atoms with Crippen LogP contribution in [0.3, 0.4) is 0 Å². The quantitative estimate of drug-likeness (QED) is 0.861. The number of aromatic nitrogens is 2. The van der Waals surface area contributed by atoms with Gasteiger partial charge in [0.15, 0.2) is 5.03 Å². The van der Waals surface area contributed by atoms with E-state index in [-0.39, 0.29) is 16.0 Å². The second kappa shape index (κ2) is 6.54. The molecule has 0 N–H and O–H groups in total. The zero-order valence-corrected chi connectivity index (χ0v) is 14.6. The lowest BCUT2D eigenvalue weighted by Gasteiger charge is -2.17. The fraction of sp³-hybridized carbons (Fsp3) is 0.375. The molecule has 0 aliphatic heterocycles. The number of rotatable bonds is 4. The number of carbonyl (C=O) groups is 1. The first-order chi connectivity index (χ1) is 10.8. The van der Waals surface area contributed by atoms with Crippen molar-refractivity contribution in [3.05, 3.63) is 41.6 Å². The minimum Gasteiger partial charge on any atom is -0.323 e. The van der Waals surface area contributed by atoms with Gasteiger partial charge >= 0.3 is 6.03 Å². The highest BCUT2D eigenvalue weighted by molar-refractivity contribution is 7.91. The first-order valence-corrected chi connectivity index (χ1v) is 8.96. The predicted molar refractivity (Wildman–Crippen MR) is 87.3 cm³/mol. The summed E-state index contributed by atoms with van der Waals surface area (Å²) in [5.74, 6) is 0. The Kier molecular flexibility index (Phi) is 4.89. The molecule has 23 heavy (non-hydrogen) atoms. The molecule has 1 aromatic heterocycles. The number of nitrogens with zero attached hydrogens (tertiary/aromatic N) is 3. The molecule has 6 nitrogen and oxygen atoms in total. The maximum atomic E-state index is 12.7. The van der Waals surface area contributed by atoms with Gasteiger partial charge in [-0.3, -0.25) is 0 Å². The highest BCUT2D eigenvalue weighted by atomic mass is 32.2. The molecule has 0 unspecified atom stereocenters. The van der Waals surface area contributed by atoms with Crippen molar-refractivity contribution in [3.8, 4) is 0 Å². The van der Waals surface area contributed by atoms with Crippen LogP contribution in [0.15, 0.2) is 40.4 Å². The van der Waals surface area contributed by atoms with Crippen LogP contribution in [-0.4, -0.2) is 42.2 Å². The Morgan fingerprint density at radius 1 is 1.13 bits per heavy atom. The molecule has 0 fully saturated rings. The van der Waals surface area contributed by atoms with Crippen LogP contribution in [0.25, 0.3) is 0 Å².